The number of hydrogen-bond acceptors (Lipinski definition) is 3. The quantitative estimate of drug-likeness (QED) is 0.590. The normalized spacial score (nSPS) is 20.5. The molecule has 0 amide bonds. The van der Waals surface area contributed by atoms with Gasteiger partial charge in [0.25, 0.3) is 5.78 Å². The van der Waals surface area contributed by atoms with Crippen molar-refractivity contribution in [2.45, 2.75) is 13.3 Å². The van der Waals surface area contributed by atoms with Crippen molar-refractivity contribution in [2.24, 2.45) is 5.41 Å². The van der Waals surface area contributed by atoms with Crippen LogP contribution in [0.25, 0.3) is 0 Å². The molecule has 0 spiro atoms. The van der Waals surface area contributed by atoms with Gasteiger partial charge >= 0.3 is 5.97 Å². The number of hydrogen-bond donors (Lipinski definition) is 1. The zero-order valence-corrected chi connectivity index (χ0v) is 6.29. The third-order valence-corrected chi connectivity index (χ3v) is 2.11. The van der Waals surface area contributed by atoms with Crippen molar-refractivity contribution in [2.75, 3.05) is 13.2 Å². The number of carboxylic acids is 1. The molecule has 0 saturated carbocycles. The Morgan fingerprint density at radius 2 is 2.09 bits per heavy atom. The second-order valence-corrected chi connectivity index (χ2v) is 2.76. The van der Waals surface area contributed by atoms with E-state index in [-0.39, 0.29) is 13.2 Å². The maximum Gasteiger partial charge on any atom is 0.372 e. The summed E-state index contributed by atoms with van der Waals surface area (Å²) in [4.78, 5) is 21.3. The Balaban J connectivity index is 2.70. The predicted molar refractivity (Wildman–Crippen MR) is 36.2 cm³/mol. The van der Waals surface area contributed by atoms with E-state index in [0.29, 0.717) is 6.42 Å². The van der Waals surface area contributed by atoms with E-state index in [0.717, 1.165) is 0 Å². The zero-order valence-electron chi connectivity index (χ0n) is 6.29. The Hall–Kier alpha value is -0.900. The summed E-state index contributed by atoms with van der Waals surface area (Å²) in [6.07, 6.45) is 0.540. The summed E-state index contributed by atoms with van der Waals surface area (Å²) in [5.41, 5.74) is -0.716. The standard InChI is InChI=1S/C7H10O4/c1-2-7(3-11-4-7)5(8)6(9)10/h2-4H2,1H3,(H,9,10). The lowest BCUT2D eigenvalue weighted by atomic mass is 9.79. The van der Waals surface area contributed by atoms with E-state index in [1.165, 1.54) is 0 Å². The van der Waals surface area contributed by atoms with Crippen molar-refractivity contribution in [3.63, 3.8) is 0 Å². The molecule has 1 saturated heterocycles. The molecule has 0 aromatic rings. The number of carbonyl (C=O) groups excluding carboxylic acids is 1. The first-order valence-electron chi connectivity index (χ1n) is 3.48. The Bertz CT molecular complexity index is 187. The van der Waals surface area contributed by atoms with Crippen LogP contribution >= 0.6 is 0 Å². The number of rotatable bonds is 3. The molecular weight excluding hydrogens is 148 g/mol. The molecular formula is C7H10O4. The van der Waals surface area contributed by atoms with Crippen LogP contribution in [0.5, 0.6) is 0 Å². The van der Waals surface area contributed by atoms with Crippen LogP contribution in [0.15, 0.2) is 0 Å². The third-order valence-electron chi connectivity index (χ3n) is 2.11. The number of aliphatic carboxylic acids is 1. The van der Waals surface area contributed by atoms with Gasteiger partial charge in [-0.25, -0.2) is 4.79 Å². The number of carbonyl (C=O) groups is 2. The molecule has 0 aromatic heterocycles. The summed E-state index contributed by atoms with van der Waals surface area (Å²) in [7, 11) is 0. The van der Waals surface area contributed by atoms with Crippen LogP contribution in [0.4, 0.5) is 0 Å². The molecule has 1 aliphatic rings. The van der Waals surface area contributed by atoms with Gasteiger partial charge in [0.1, 0.15) is 0 Å². The number of ether oxygens (including phenoxy) is 1. The average molecular weight is 158 g/mol. The Morgan fingerprint density at radius 3 is 2.18 bits per heavy atom. The summed E-state index contributed by atoms with van der Waals surface area (Å²) in [5.74, 6) is -2.07. The van der Waals surface area contributed by atoms with Gasteiger partial charge in [0.2, 0.25) is 0 Å². The van der Waals surface area contributed by atoms with Crippen LogP contribution in [0.2, 0.25) is 0 Å². The smallest absolute Gasteiger partial charge is 0.372 e. The molecule has 0 unspecified atom stereocenters. The van der Waals surface area contributed by atoms with Crippen LogP contribution in [0, 0.1) is 5.41 Å². The van der Waals surface area contributed by atoms with Gasteiger partial charge in [0.05, 0.1) is 18.6 Å². The van der Waals surface area contributed by atoms with Crippen molar-refractivity contribution < 1.29 is 19.4 Å². The van der Waals surface area contributed by atoms with Gasteiger partial charge in [-0.15, -0.1) is 0 Å². The highest BCUT2D eigenvalue weighted by Crippen LogP contribution is 2.32. The average Bonchev–Trinajstić information content (AvgIpc) is 1.86. The van der Waals surface area contributed by atoms with Gasteiger partial charge in [0.15, 0.2) is 0 Å². The van der Waals surface area contributed by atoms with Gasteiger partial charge in [0, 0.05) is 0 Å². The highest BCUT2D eigenvalue weighted by molar-refractivity contribution is 6.35. The van der Waals surface area contributed by atoms with Crippen LogP contribution in [-0.2, 0) is 14.3 Å². The molecule has 0 bridgehead atoms. The minimum absolute atomic E-state index is 0.259. The maximum absolute atomic E-state index is 11.0. The fraction of sp³-hybridized carbons (Fsp3) is 0.714. The number of ketones is 1. The van der Waals surface area contributed by atoms with Crippen LogP contribution < -0.4 is 0 Å². The predicted octanol–water partition coefficient (Wildman–Crippen LogP) is 0.0667. The van der Waals surface area contributed by atoms with Crippen molar-refractivity contribution in [1.82, 2.24) is 0 Å². The Morgan fingerprint density at radius 1 is 1.55 bits per heavy atom. The lowest BCUT2D eigenvalue weighted by Gasteiger charge is -2.37. The Kier molecular flexibility index (Phi) is 1.95. The fourth-order valence-electron chi connectivity index (χ4n) is 1.07. The van der Waals surface area contributed by atoms with Gasteiger partial charge in [-0.1, -0.05) is 6.92 Å². The van der Waals surface area contributed by atoms with Crippen LogP contribution in [0.3, 0.4) is 0 Å². The van der Waals surface area contributed by atoms with Gasteiger partial charge in [-0.3, -0.25) is 4.79 Å². The fourth-order valence-corrected chi connectivity index (χ4v) is 1.07. The van der Waals surface area contributed by atoms with Crippen molar-refractivity contribution in [1.29, 1.82) is 0 Å². The van der Waals surface area contributed by atoms with E-state index >= 15 is 0 Å². The molecule has 1 fully saturated rings. The van der Waals surface area contributed by atoms with E-state index in [2.05, 4.69) is 0 Å². The largest absolute Gasteiger partial charge is 0.475 e. The van der Waals surface area contributed by atoms with Crippen molar-refractivity contribution in [3.8, 4) is 0 Å². The SMILES string of the molecule is CCC1(C(=O)C(=O)O)COC1. The molecule has 0 aliphatic carbocycles. The molecule has 0 atom stereocenters. The van der Waals surface area contributed by atoms with Gasteiger partial charge in [-0.05, 0) is 6.42 Å². The lowest BCUT2D eigenvalue weighted by molar-refractivity contribution is -0.172. The molecule has 62 valence electrons. The summed E-state index contributed by atoms with van der Waals surface area (Å²) in [6.45, 7) is 2.31. The lowest BCUT2D eigenvalue weighted by Crippen LogP contribution is -2.51. The molecule has 0 aromatic carbocycles. The molecule has 4 nitrogen and oxygen atoms in total. The van der Waals surface area contributed by atoms with E-state index in [4.69, 9.17) is 9.84 Å². The summed E-state index contributed by atoms with van der Waals surface area (Å²) >= 11 is 0. The van der Waals surface area contributed by atoms with E-state index in [9.17, 15) is 9.59 Å². The minimum atomic E-state index is -1.35. The van der Waals surface area contributed by atoms with E-state index in [1.54, 1.807) is 6.92 Å². The maximum atomic E-state index is 11.0. The second-order valence-electron chi connectivity index (χ2n) is 2.76. The number of carboxylic acid groups (broad SMARTS) is 1. The monoisotopic (exact) mass is 158 g/mol. The molecule has 11 heavy (non-hydrogen) atoms. The summed E-state index contributed by atoms with van der Waals surface area (Å²) in [5, 5.41) is 8.41. The first-order chi connectivity index (χ1) is 5.12. The molecule has 1 rings (SSSR count). The highest BCUT2D eigenvalue weighted by Gasteiger charge is 2.47. The van der Waals surface area contributed by atoms with E-state index < -0.39 is 17.2 Å². The first-order valence-corrected chi connectivity index (χ1v) is 3.48. The number of Topliss-reactive ketones (excluding diaryl/α,β-unsaturated/α-hetero) is 1. The van der Waals surface area contributed by atoms with Gasteiger partial charge in [-0.2, -0.15) is 0 Å². The molecule has 1 heterocycles. The molecule has 4 heteroatoms. The van der Waals surface area contributed by atoms with Crippen LogP contribution in [0.1, 0.15) is 13.3 Å². The topological polar surface area (TPSA) is 63.6 Å². The molecule has 1 aliphatic heterocycles. The summed E-state index contributed by atoms with van der Waals surface area (Å²) < 4.78 is 4.82. The first kappa shape index (κ1) is 8.20. The minimum Gasteiger partial charge on any atom is -0.475 e. The zero-order chi connectivity index (χ0) is 8.48. The van der Waals surface area contributed by atoms with Gasteiger partial charge < -0.3 is 9.84 Å². The Labute approximate surface area is 64.2 Å². The molecule has 0 radical (unpaired) electrons. The van der Waals surface area contributed by atoms with E-state index in [1.807, 2.05) is 0 Å². The van der Waals surface area contributed by atoms with Crippen molar-refractivity contribution in [3.05, 3.63) is 0 Å². The van der Waals surface area contributed by atoms with Crippen molar-refractivity contribution >= 4 is 11.8 Å². The second kappa shape index (κ2) is 2.62. The van der Waals surface area contributed by atoms with Crippen LogP contribution in [-0.4, -0.2) is 30.1 Å². The highest BCUT2D eigenvalue weighted by atomic mass is 16.5. The summed E-state index contributed by atoms with van der Waals surface area (Å²) in [6, 6.07) is 0. The molecule has 1 N–H and O–H groups in total. The third kappa shape index (κ3) is 1.14.